The van der Waals surface area contributed by atoms with E-state index >= 15 is 0 Å². The van der Waals surface area contributed by atoms with Crippen molar-refractivity contribution in [1.29, 1.82) is 0 Å². The third-order valence-electron chi connectivity index (χ3n) is 4.51. The van der Waals surface area contributed by atoms with Gasteiger partial charge in [-0.2, -0.15) is 0 Å². The van der Waals surface area contributed by atoms with Crippen LogP contribution in [0.2, 0.25) is 5.02 Å². The summed E-state index contributed by atoms with van der Waals surface area (Å²) in [7, 11) is 0. The molecule has 7 nitrogen and oxygen atoms in total. The smallest absolute Gasteiger partial charge is 0.323 e. The van der Waals surface area contributed by atoms with Crippen molar-refractivity contribution >= 4 is 47.1 Å². The van der Waals surface area contributed by atoms with Crippen molar-refractivity contribution < 1.29 is 14.4 Å². The molecular weight excluding hydrogens is 376 g/mol. The molecule has 1 saturated carbocycles. The summed E-state index contributed by atoms with van der Waals surface area (Å²) in [6, 6.07) is 4.25. The maximum absolute atomic E-state index is 12.8. The van der Waals surface area contributed by atoms with Crippen LogP contribution >= 0.6 is 23.5 Å². The van der Waals surface area contributed by atoms with Crippen LogP contribution in [0.5, 0.6) is 0 Å². The molecule has 2 aliphatic heterocycles. The zero-order chi connectivity index (χ0) is 18.4. The van der Waals surface area contributed by atoms with Crippen LogP contribution in [0.4, 0.5) is 10.5 Å². The molecule has 1 saturated heterocycles. The average Bonchev–Trinajstić information content (AvgIpc) is 3.29. The number of rotatable bonds is 4. The van der Waals surface area contributed by atoms with Crippen molar-refractivity contribution in [2.75, 3.05) is 11.9 Å². The first kappa shape index (κ1) is 17.4. The molecule has 0 spiro atoms. The van der Waals surface area contributed by atoms with Crippen LogP contribution in [0.3, 0.4) is 0 Å². The summed E-state index contributed by atoms with van der Waals surface area (Å²) in [6.45, 7) is 1.73. The van der Waals surface area contributed by atoms with Crippen molar-refractivity contribution in [2.24, 2.45) is 0 Å². The predicted octanol–water partition coefficient (Wildman–Crippen LogP) is 2.47. The SMILES string of the molecule is Cc1ccc(NC(=O)CN2C(=O)N(C3CC3)C(=O)C3NSC=C32)c(Cl)c1. The predicted molar refractivity (Wildman–Crippen MR) is 99.4 cm³/mol. The van der Waals surface area contributed by atoms with Gasteiger partial charge in [0, 0.05) is 11.4 Å². The average molecular weight is 393 g/mol. The molecule has 0 radical (unpaired) electrons. The minimum absolute atomic E-state index is 0.0546. The third kappa shape index (κ3) is 3.08. The van der Waals surface area contributed by atoms with Gasteiger partial charge in [0.15, 0.2) is 0 Å². The van der Waals surface area contributed by atoms with Crippen LogP contribution in [0.15, 0.2) is 29.3 Å². The molecule has 1 aliphatic carbocycles. The Bertz CT molecular complexity index is 839. The standard InChI is InChI=1S/C17H17ClN4O3S/c1-9-2-5-12(11(18)6-9)19-14(23)7-21-13-8-26-20-15(13)16(24)22(17(21)25)10-3-4-10/h2,5-6,8,10,15,20H,3-4,7H2,1H3,(H,19,23). The molecule has 2 N–H and O–H groups in total. The number of carbonyl (C=O) groups is 3. The number of nitrogens with zero attached hydrogens (tertiary/aromatic N) is 2. The Labute approximate surface area is 159 Å². The first-order chi connectivity index (χ1) is 12.5. The summed E-state index contributed by atoms with van der Waals surface area (Å²) in [4.78, 5) is 40.5. The number of amides is 4. The van der Waals surface area contributed by atoms with Gasteiger partial charge in [0.05, 0.1) is 16.4 Å². The second-order valence-corrected chi connectivity index (χ2v) is 7.67. The number of carbonyl (C=O) groups excluding carboxylic acids is 3. The normalized spacial score (nSPS) is 22.4. The van der Waals surface area contributed by atoms with Crippen LogP contribution in [0.25, 0.3) is 0 Å². The van der Waals surface area contributed by atoms with E-state index in [0.29, 0.717) is 16.4 Å². The lowest BCUT2D eigenvalue weighted by molar-refractivity contribution is -0.132. The first-order valence-electron chi connectivity index (χ1n) is 8.27. The Morgan fingerprint density at radius 3 is 2.85 bits per heavy atom. The number of halogens is 1. The zero-order valence-electron chi connectivity index (χ0n) is 14.0. The number of hydrogen-bond acceptors (Lipinski definition) is 5. The highest BCUT2D eigenvalue weighted by Crippen LogP contribution is 2.36. The second-order valence-electron chi connectivity index (χ2n) is 6.55. The third-order valence-corrected chi connectivity index (χ3v) is 5.55. The van der Waals surface area contributed by atoms with E-state index in [9.17, 15) is 14.4 Å². The summed E-state index contributed by atoms with van der Waals surface area (Å²) < 4.78 is 3.00. The second kappa shape index (κ2) is 6.61. The van der Waals surface area contributed by atoms with Gasteiger partial charge in [-0.3, -0.25) is 19.4 Å². The Morgan fingerprint density at radius 1 is 1.38 bits per heavy atom. The fraction of sp³-hybridized carbons (Fsp3) is 0.353. The first-order valence-corrected chi connectivity index (χ1v) is 9.53. The van der Waals surface area contributed by atoms with Crippen molar-refractivity contribution in [3.63, 3.8) is 0 Å². The lowest BCUT2D eigenvalue weighted by Gasteiger charge is -2.38. The van der Waals surface area contributed by atoms with E-state index in [4.69, 9.17) is 11.6 Å². The molecule has 136 valence electrons. The number of nitrogens with one attached hydrogen (secondary N) is 2. The molecule has 1 aromatic rings. The monoisotopic (exact) mass is 392 g/mol. The summed E-state index contributed by atoms with van der Waals surface area (Å²) in [5, 5.41) is 4.88. The largest absolute Gasteiger partial charge is 0.331 e. The Kier molecular flexibility index (Phi) is 4.42. The van der Waals surface area contributed by atoms with Crippen LogP contribution in [-0.4, -0.2) is 46.3 Å². The quantitative estimate of drug-likeness (QED) is 0.769. The molecule has 2 fully saturated rings. The molecule has 0 aromatic heterocycles. The van der Waals surface area contributed by atoms with Gasteiger partial charge in [0.25, 0.3) is 5.91 Å². The van der Waals surface area contributed by atoms with Gasteiger partial charge in [-0.25, -0.2) is 9.52 Å². The molecule has 26 heavy (non-hydrogen) atoms. The highest BCUT2D eigenvalue weighted by molar-refractivity contribution is 8.00. The molecule has 1 atom stereocenters. The fourth-order valence-electron chi connectivity index (χ4n) is 3.04. The number of aryl methyl sites for hydroxylation is 1. The van der Waals surface area contributed by atoms with Crippen molar-refractivity contribution in [3.05, 3.63) is 39.9 Å². The summed E-state index contributed by atoms with van der Waals surface area (Å²) in [5.74, 6) is -0.613. The molecule has 0 bridgehead atoms. The van der Waals surface area contributed by atoms with Crippen LogP contribution in [-0.2, 0) is 9.59 Å². The van der Waals surface area contributed by atoms with E-state index in [1.807, 2.05) is 13.0 Å². The summed E-state index contributed by atoms with van der Waals surface area (Å²) in [5.41, 5.74) is 2.00. The van der Waals surface area contributed by atoms with Crippen molar-refractivity contribution in [1.82, 2.24) is 14.5 Å². The van der Waals surface area contributed by atoms with Crippen LogP contribution in [0.1, 0.15) is 18.4 Å². The van der Waals surface area contributed by atoms with Gasteiger partial charge >= 0.3 is 6.03 Å². The molecule has 9 heteroatoms. The maximum atomic E-state index is 12.8. The molecule has 1 aromatic carbocycles. The molecule has 4 amide bonds. The Morgan fingerprint density at radius 2 is 2.15 bits per heavy atom. The lowest BCUT2D eigenvalue weighted by Crippen LogP contribution is -2.60. The molecule has 3 aliphatic rings. The lowest BCUT2D eigenvalue weighted by atomic mass is 10.1. The van der Waals surface area contributed by atoms with Gasteiger partial charge in [-0.1, -0.05) is 29.6 Å². The Hall–Kier alpha value is -2.03. The van der Waals surface area contributed by atoms with E-state index in [-0.39, 0.29) is 24.4 Å². The topological polar surface area (TPSA) is 81.8 Å². The highest BCUT2D eigenvalue weighted by atomic mass is 35.5. The zero-order valence-corrected chi connectivity index (χ0v) is 15.6. The van der Waals surface area contributed by atoms with Crippen LogP contribution in [0, 0.1) is 6.92 Å². The van der Waals surface area contributed by atoms with E-state index in [0.717, 1.165) is 18.4 Å². The number of hydrogen-bond donors (Lipinski definition) is 2. The van der Waals surface area contributed by atoms with Gasteiger partial charge < -0.3 is 5.32 Å². The maximum Gasteiger partial charge on any atom is 0.331 e. The van der Waals surface area contributed by atoms with Gasteiger partial charge in [0.1, 0.15) is 12.6 Å². The van der Waals surface area contributed by atoms with Gasteiger partial charge in [-0.05, 0) is 37.5 Å². The Balaban J connectivity index is 1.53. The molecule has 2 heterocycles. The minimum atomic E-state index is -0.589. The summed E-state index contributed by atoms with van der Waals surface area (Å²) in [6.07, 6.45) is 1.63. The van der Waals surface area contributed by atoms with E-state index in [1.165, 1.54) is 21.7 Å². The number of benzene rings is 1. The molecule has 4 rings (SSSR count). The summed E-state index contributed by atoms with van der Waals surface area (Å²) >= 11 is 7.41. The van der Waals surface area contributed by atoms with Crippen molar-refractivity contribution in [3.8, 4) is 0 Å². The number of imide groups is 1. The van der Waals surface area contributed by atoms with Gasteiger partial charge in [-0.15, -0.1) is 0 Å². The molecule has 1 unspecified atom stereocenters. The van der Waals surface area contributed by atoms with Crippen molar-refractivity contribution in [2.45, 2.75) is 31.8 Å². The van der Waals surface area contributed by atoms with Gasteiger partial charge in [0.2, 0.25) is 5.91 Å². The number of urea groups is 1. The van der Waals surface area contributed by atoms with E-state index in [2.05, 4.69) is 10.0 Å². The minimum Gasteiger partial charge on any atom is -0.323 e. The molecular formula is C17H17ClN4O3S. The number of anilines is 1. The highest BCUT2D eigenvalue weighted by Gasteiger charge is 2.50. The van der Waals surface area contributed by atoms with Crippen LogP contribution < -0.4 is 10.0 Å². The van der Waals surface area contributed by atoms with E-state index < -0.39 is 12.1 Å². The van der Waals surface area contributed by atoms with E-state index in [1.54, 1.807) is 17.5 Å². The number of fused-ring (bicyclic) bond motifs is 1. The fourth-order valence-corrected chi connectivity index (χ4v) is 4.14.